The Morgan fingerprint density at radius 2 is 2.12 bits per heavy atom. The van der Waals surface area contributed by atoms with Crippen LogP contribution in [0.1, 0.15) is 36.7 Å². The van der Waals surface area contributed by atoms with E-state index in [0.717, 1.165) is 11.3 Å². The second-order valence-corrected chi connectivity index (χ2v) is 6.26. The lowest BCUT2D eigenvalue weighted by atomic mass is 10.1. The summed E-state index contributed by atoms with van der Waals surface area (Å²) >= 11 is 0. The number of nitriles is 1. The molecule has 136 valence electrons. The van der Waals surface area contributed by atoms with Crippen LogP contribution in [0.2, 0.25) is 0 Å². The van der Waals surface area contributed by atoms with E-state index in [2.05, 4.69) is 9.97 Å². The van der Waals surface area contributed by atoms with Crippen molar-refractivity contribution in [2.24, 2.45) is 0 Å². The molecular weight excluding hydrogens is 332 g/mol. The molecule has 0 bridgehead atoms. The Balaban J connectivity index is 1.94. The molecule has 0 saturated carbocycles. The summed E-state index contributed by atoms with van der Waals surface area (Å²) in [7, 11) is 0. The number of aliphatic hydroxyl groups is 1. The van der Waals surface area contributed by atoms with E-state index in [9.17, 15) is 15.2 Å². The number of para-hydroxylation sites is 1. The van der Waals surface area contributed by atoms with Crippen LogP contribution in [0.3, 0.4) is 0 Å². The van der Waals surface area contributed by atoms with E-state index in [1.165, 1.54) is 0 Å². The fourth-order valence-electron chi connectivity index (χ4n) is 3.12. The molecule has 1 aromatic heterocycles. The molecule has 2 aromatic rings. The van der Waals surface area contributed by atoms with Gasteiger partial charge < -0.3 is 19.7 Å². The minimum absolute atomic E-state index is 0.0169. The number of anilines is 1. The molecule has 7 nitrogen and oxygen atoms in total. The van der Waals surface area contributed by atoms with Gasteiger partial charge in [-0.3, -0.25) is 4.79 Å². The van der Waals surface area contributed by atoms with Gasteiger partial charge in [-0.05, 0) is 25.8 Å². The first-order valence-corrected chi connectivity index (χ1v) is 8.79. The van der Waals surface area contributed by atoms with E-state index in [1.807, 2.05) is 42.2 Å². The molecule has 1 fully saturated rings. The summed E-state index contributed by atoms with van der Waals surface area (Å²) in [6.07, 6.45) is 1.26. The topological polar surface area (TPSA) is 102 Å². The molecule has 2 heterocycles. The number of benzene rings is 1. The molecule has 0 atom stereocenters. The third-order valence-electron chi connectivity index (χ3n) is 4.46. The molecule has 0 radical (unpaired) electrons. The number of nitrogens with one attached hydrogen (secondary N) is 1. The minimum Gasteiger partial charge on any atom is -0.494 e. The van der Waals surface area contributed by atoms with Crippen molar-refractivity contribution in [3.05, 3.63) is 51.6 Å². The lowest BCUT2D eigenvalue weighted by molar-refractivity contribution is 0.145. The number of aromatic nitrogens is 2. The van der Waals surface area contributed by atoms with Gasteiger partial charge in [0, 0.05) is 25.1 Å². The molecule has 1 aromatic carbocycles. The summed E-state index contributed by atoms with van der Waals surface area (Å²) in [6.45, 7) is 3.61. The number of ether oxygens (including phenoxy) is 1. The first kappa shape index (κ1) is 18.0. The SMILES string of the molecule is CCOc1ccccc1Cc1nc(N2CCC(O)CC2)c(C#N)c(=O)[nH]1. The maximum atomic E-state index is 12.4. The summed E-state index contributed by atoms with van der Waals surface area (Å²) in [5.41, 5.74) is 0.498. The standard InChI is InChI=1S/C19H22N4O3/c1-2-26-16-6-4-3-5-13(16)11-17-21-18(15(12-20)19(25)22-17)23-9-7-14(24)8-10-23/h3-6,14,24H,2,7-11H2,1H3,(H,21,22,25). The molecule has 0 unspecified atom stereocenters. The Hall–Kier alpha value is -2.85. The highest BCUT2D eigenvalue weighted by molar-refractivity contribution is 5.53. The van der Waals surface area contributed by atoms with Gasteiger partial charge in [0.25, 0.3) is 5.56 Å². The van der Waals surface area contributed by atoms with Gasteiger partial charge in [-0.25, -0.2) is 4.98 Å². The summed E-state index contributed by atoms with van der Waals surface area (Å²) in [4.78, 5) is 21.5. The molecule has 3 rings (SSSR count). The van der Waals surface area contributed by atoms with Crippen LogP contribution in [-0.2, 0) is 6.42 Å². The van der Waals surface area contributed by atoms with E-state index in [4.69, 9.17) is 4.74 Å². The van der Waals surface area contributed by atoms with Crippen LogP contribution in [0.4, 0.5) is 5.82 Å². The van der Waals surface area contributed by atoms with Crippen molar-refractivity contribution in [1.29, 1.82) is 5.26 Å². The van der Waals surface area contributed by atoms with E-state index in [1.54, 1.807) is 0 Å². The number of hydrogen-bond donors (Lipinski definition) is 2. The number of aromatic amines is 1. The van der Waals surface area contributed by atoms with Crippen LogP contribution in [0.5, 0.6) is 5.75 Å². The normalized spacial score (nSPS) is 14.9. The number of hydrogen-bond acceptors (Lipinski definition) is 6. The van der Waals surface area contributed by atoms with Gasteiger partial charge >= 0.3 is 0 Å². The van der Waals surface area contributed by atoms with Gasteiger partial charge in [-0.1, -0.05) is 18.2 Å². The van der Waals surface area contributed by atoms with Gasteiger partial charge in [0.2, 0.25) is 0 Å². The minimum atomic E-state index is -0.437. The zero-order valence-corrected chi connectivity index (χ0v) is 14.7. The monoisotopic (exact) mass is 354 g/mol. The van der Waals surface area contributed by atoms with Gasteiger partial charge in [-0.2, -0.15) is 5.26 Å². The van der Waals surface area contributed by atoms with Gasteiger partial charge in [0.1, 0.15) is 17.6 Å². The third kappa shape index (κ3) is 3.86. The Kier molecular flexibility index (Phi) is 5.54. The Morgan fingerprint density at radius 3 is 2.81 bits per heavy atom. The third-order valence-corrected chi connectivity index (χ3v) is 4.46. The second kappa shape index (κ2) is 8.02. The van der Waals surface area contributed by atoms with Gasteiger partial charge in [0.15, 0.2) is 11.4 Å². The fraction of sp³-hybridized carbons (Fsp3) is 0.421. The maximum absolute atomic E-state index is 12.4. The highest BCUT2D eigenvalue weighted by atomic mass is 16.5. The maximum Gasteiger partial charge on any atom is 0.271 e. The second-order valence-electron chi connectivity index (χ2n) is 6.26. The van der Waals surface area contributed by atoms with Crippen molar-refractivity contribution in [3.63, 3.8) is 0 Å². The van der Waals surface area contributed by atoms with Crippen molar-refractivity contribution in [1.82, 2.24) is 9.97 Å². The highest BCUT2D eigenvalue weighted by Gasteiger charge is 2.23. The number of nitrogens with zero attached hydrogens (tertiary/aromatic N) is 3. The molecule has 0 spiro atoms. The molecule has 0 amide bonds. The lowest BCUT2D eigenvalue weighted by Crippen LogP contribution is -2.38. The Bertz CT molecular complexity index is 864. The molecule has 1 saturated heterocycles. The summed E-state index contributed by atoms with van der Waals surface area (Å²) in [5, 5.41) is 19.1. The average Bonchev–Trinajstić information content (AvgIpc) is 2.64. The first-order chi connectivity index (χ1) is 12.6. The quantitative estimate of drug-likeness (QED) is 0.845. The van der Waals surface area contributed by atoms with Crippen molar-refractivity contribution in [2.75, 3.05) is 24.6 Å². The van der Waals surface area contributed by atoms with Crippen LogP contribution < -0.4 is 15.2 Å². The van der Waals surface area contributed by atoms with Crippen molar-refractivity contribution < 1.29 is 9.84 Å². The summed E-state index contributed by atoms with van der Waals surface area (Å²) in [5.74, 6) is 1.64. The number of H-pyrrole nitrogens is 1. The number of aliphatic hydroxyl groups excluding tert-OH is 1. The van der Waals surface area contributed by atoms with E-state index >= 15 is 0 Å². The van der Waals surface area contributed by atoms with Crippen LogP contribution in [-0.4, -0.2) is 40.9 Å². The fourth-order valence-corrected chi connectivity index (χ4v) is 3.12. The Labute approximate surface area is 151 Å². The first-order valence-electron chi connectivity index (χ1n) is 8.79. The van der Waals surface area contributed by atoms with Crippen LogP contribution in [0, 0.1) is 11.3 Å². The predicted octanol–water partition coefficient (Wildman–Crippen LogP) is 1.59. The smallest absolute Gasteiger partial charge is 0.271 e. The van der Waals surface area contributed by atoms with Crippen molar-refractivity contribution >= 4 is 5.82 Å². The van der Waals surface area contributed by atoms with Crippen molar-refractivity contribution in [2.45, 2.75) is 32.3 Å². The van der Waals surface area contributed by atoms with Crippen LogP contribution in [0.15, 0.2) is 29.1 Å². The zero-order valence-electron chi connectivity index (χ0n) is 14.7. The van der Waals surface area contributed by atoms with Gasteiger partial charge in [0.05, 0.1) is 12.7 Å². The average molecular weight is 354 g/mol. The Morgan fingerprint density at radius 1 is 1.38 bits per heavy atom. The highest BCUT2D eigenvalue weighted by Crippen LogP contribution is 2.23. The van der Waals surface area contributed by atoms with E-state index in [-0.39, 0.29) is 11.7 Å². The molecular formula is C19H22N4O3. The molecule has 1 aliphatic heterocycles. The van der Waals surface area contributed by atoms with Crippen LogP contribution >= 0.6 is 0 Å². The molecule has 0 aliphatic carbocycles. The van der Waals surface area contributed by atoms with E-state index in [0.29, 0.717) is 50.6 Å². The van der Waals surface area contributed by atoms with Gasteiger partial charge in [-0.15, -0.1) is 0 Å². The molecule has 2 N–H and O–H groups in total. The van der Waals surface area contributed by atoms with E-state index < -0.39 is 5.56 Å². The largest absolute Gasteiger partial charge is 0.494 e. The lowest BCUT2D eigenvalue weighted by Gasteiger charge is -2.31. The zero-order chi connectivity index (χ0) is 18.5. The van der Waals surface area contributed by atoms with Crippen molar-refractivity contribution in [3.8, 4) is 11.8 Å². The molecule has 7 heteroatoms. The van der Waals surface area contributed by atoms with Crippen LogP contribution in [0.25, 0.3) is 0 Å². The number of rotatable bonds is 5. The summed E-state index contributed by atoms with van der Waals surface area (Å²) in [6, 6.07) is 9.58. The summed E-state index contributed by atoms with van der Waals surface area (Å²) < 4.78 is 5.63. The molecule has 1 aliphatic rings. The number of piperidine rings is 1. The molecule has 26 heavy (non-hydrogen) atoms. The predicted molar refractivity (Wildman–Crippen MR) is 97.4 cm³/mol.